The third kappa shape index (κ3) is 2.90. The highest BCUT2D eigenvalue weighted by molar-refractivity contribution is 6.07. The zero-order valence-electron chi connectivity index (χ0n) is 20.9. The number of fused-ring (bicyclic) bond motifs is 3. The number of Topliss-reactive ketones (excluding diaryl/α,β-unsaturated/α-hetero) is 1. The summed E-state index contributed by atoms with van der Waals surface area (Å²) >= 11 is 0. The molecule has 172 valence electrons. The highest BCUT2D eigenvalue weighted by atomic mass is 16.5. The Morgan fingerprint density at radius 1 is 0.656 bits per heavy atom. The predicted octanol–water partition coefficient (Wildman–Crippen LogP) is 6.23. The van der Waals surface area contributed by atoms with Crippen LogP contribution in [0.25, 0.3) is 0 Å². The quantitative estimate of drug-likeness (QED) is 0.483. The van der Waals surface area contributed by atoms with Crippen LogP contribution >= 0.6 is 0 Å². The molecule has 1 atom stereocenters. The normalized spacial score (nSPS) is 27.8. The standard InChI is InChI=1S/C28H36O4/c1-15-16(2)25(29)28(21-11-13-27(7,8)31-24(15)21)14-10-20-17(3)22-19(18(4)23(20)32-28)9-12-26(5,6)30-22/h9-14H2,1-8H3. The molecule has 0 saturated heterocycles. The van der Waals surface area contributed by atoms with Gasteiger partial charge in [-0.2, -0.15) is 0 Å². The van der Waals surface area contributed by atoms with E-state index in [1.165, 1.54) is 16.7 Å². The van der Waals surface area contributed by atoms with Crippen molar-refractivity contribution in [1.29, 1.82) is 0 Å². The molecule has 32 heavy (non-hydrogen) atoms. The molecule has 0 aromatic heterocycles. The summed E-state index contributed by atoms with van der Waals surface area (Å²) in [5, 5.41) is 0. The second-order valence-corrected chi connectivity index (χ2v) is 11.4. The van der Waals surface area contributed by atoms with Gasteiger partial charge in [0.2, 0.25) is 5.78 Å². The fraction of sp³-hybridized carbons (Fsp3) is 0.607. The highest BCUT2D eigenvalue weighted by Crippen LogP contribution is 2.53. The molecule has 4 heteroatoms. The van der Waals surface area contributed by atoms with Crippen molar-refractivity contribution in [2.24, 2.45) is 0 Å². The molecule has 0 saturated carbocycles. The van der Waals surface area contributed by atoms with Crippen LogP contribution in [-0.2, 0) is 22.4 Å². The summed E-state index contributed by atoms with van der Waals surface area (Å²) in [7, 11) is 0. The number of allylic oxidation sites excluding steroid dienone is 1. The first kappa shape index (κ1) is 21.6. The van der Waals surface area contributed by atoms with Crippen LogP contribution in [0.15, 0.2) is 22.5 Å². The van der Waals surface area contributed by atoms with Gasteiger partial charge >= 0.3 is 0 Å². The molecule has 0 amide bonds. The van der Waals surface area contributed by atoms with E-state index in [2.05, 4.69) is 41.5 Å². The molecule has 5 rings (SSSR count). The smallest absolute Gasteiger partial charge is 0.206 e. The molecule has 4 aliphatic rings. The Hall–Kier alpha value is -2.23. The second-order valence-electron chi connectivity index (χ2n) is 11.4. The fourth-order valence-corrected chi connectivity index (χ4v) is 5.99. The first-order valence-corrected chi connectivity index (χ1v) is 12.1. The van der Waals surface area contributed by atoms with Crippen LogP contribution in [0.1, 0.15) is 89.5 Å². The van der Waals surface area contributed by atoms with Crippen LogP contribution in [0, 0.1) is 13.8 Å². The lowest BCUT2D eigenvalue weighted by molar-refractivity contribution is -0.131. The van der Waals surface area contributed by atoms with Gasteiger partial charge in [-0.3, -0.25) is 4.79 Å². The van der Waals surface area contributed by atoms with Crippen molar-refractivity contribution in [2.45, 2.75) is 111 Å². The predicted molar refractivity (Wildman–Crippen MR) is 125 cm³/mol. The molecule has 1 aliphatic carbocycles. The Morgan fingerprint density at radius 3 is 1.84 bits per heavy atom. The van der Waals surface area contributed by atoms with E-state index >= 15 is 0 Å². The number of carbonyl (C=O) groups excluding carboxylic acids is 1. The van der Waals surface area contributed by atoms with Crippen LogP contribution in [0.3, 0.4) is 0 Å². The maximum absolute atomic E-state index is 13.8. The van der Waals surface area contributed by atoms with Crippen LogP contribution in [0.5, 0.6) is 11.5 Å². The van der Waals surface area contributed by atoms with Crippen molar-refractivity contribution in [3.63, 3.8) is 0 Å². The molecular weight excluding hydrogens is 400 g/mol. The number of ketones is 1. The number of ether oxygens (including phenoxy) is 3. The summed E-state index contributed by atoms with van der Waals surface area (Å²) < 4.78 is 19.8. The summed E-state index contributed by atoms with van der Waals surface area (Å²) in [6.07, 6.45) is 5.10. The van der Waals surface area contributed by atoms with Crippen LogP contribution in [0.2, 0.25) is 0 Å². The number of carbonyl (C=O) groups is 1. The van der Waals surface area contributed by atoms with Crippen LogP contribution in [-0.4, -0.2) is 22.6 Å². The van der Waals surface area contributed by atoms with E-state index in [0.717, 1.165) is 71.6 Å². The average Bonchev–Trinajstić information content (AvgIpc) is 2.73. The first-order valence-electron chi connectivity index (χ1n) is 12.1. The second kappa shape index (κ2) is 6.65. The van der Waals surface area contributed by atoms with Crippen LogP contribution in [0.4, 0.5) is 0 Å². The summed E-state index contributed by atoms with van der Waals surface area (Å²) in [6.45, 7) is 16.8. The number of hydrogen-bond donors (Lipinski definition) is 0. The molecule has 4 nitrogen and oxygen atoms in total. The van der Waals surface area contributed by atoms with Gasteiger partial charge in [0.15, 0.2) is 5.60 Å². The molecule has 0 fully saturated rings. The topological polar surface area (TPSA) is 44.8 Å². The van der Waals surface area contributed by atoms with Gasteiger partial charge in [-0.1, -0.05) is 0 Å². The number of hydrogen-bond acceptors (Lipinski definition) is 4. The molecule has 3 heterocycles. The van der Waals surface area contributed by atoms with Gasteiger partial charge in [0.1, 0.15) is 28.5 Å². The largest absolute Gasteiger partial charge is 0.487 e. The van der Waals surface area contributed by atoms with E-state index in [9.17, 15) is 4.79 Å². The summed E-state index contributed by atoms with van der Waals surface area (Å²) in [6, 6.07) is 0. The molecule has 0 radical (unpaired) electrons. The van der Waals surface area contributed by atoms with E-state index < -0.39 is 5.60 Å². The minimum absolute atomic E-state index is 0.106. The number of benzene rings is 1. The van der Waals surface area contributed by atoms with E-state index in [0.29, 0.717) is 6.42 Å². The van der Waals surface area contributed by atoms with Gasteiger partial charge in [-0.05, 0) is 104 Å². The van der Waals surface area contributed by atoms with Crippen molar-refractivity contribution in [3.8, 4) is 11.5 Å². The lowest BCUT2D eigenvalue weighted by Crippen LogP contribution is -2.54. The summed E-state index contributed by atoms with van der Waals surface area (Å²) in [5.41, 5.74) is 6.18. The average molecular weight is 437 g/mol. The Labute approximate surface area is 192 Å². The molecule has 0 bridgehead atoms. The van der Waals surface area contributed by atoms with E-state index in [1.807, 2.05) is 13.8 Å². The molecule has 1 aromatic carbocycles. The maximum Gasteiger partial charge on any atom is 0.206 e. The van der Waals surface area contributed by atoms with Gasteiger partial charge in [0.25, 0.3) is 0 Å². The van der Waals surface area contributed by atoms with Gasteiger partial charge in [0, 0.05) is 28.7 Å². The number of rotatable bonds is 0. The Balaban J connectivity index is 1.66. The molecule has 0 N–H and O–H groups in total. The van der Waals surface area contributed by atoms with Gasteiger partial charge in [-0.15, -0.1) is 0 Å². The SMILES string of the molecule is CC1=C(C)C2=C(CCC(C)(C)O2)C2(CCc3c(C)c4c(c(C)c3O2)CCC(C)(C)O4)C1=O. The van der Waals surface area contributed by atoms with Crippen molar-refractivity contribution >= 4 is 5.78 Å². The Bertz CT molecular complexity index is 1110. The molecule has 1 unspecified atom stereocenters. The lowest BCUT2D eigenvalue weighted by atomic mass is 9.70. The zero-order chi connectivity index (χ0) is 23.2. The van der Waals surface area contributed by atoms with Crippen molar-refractivity contribution in [1.82, 2.24) is 0 Å². The third-order valence-electron chi connectivity index (χ3n) is 8.22. The minimum atomic E-state index is -0.942. The monoisotopic (exact) mass is 436 g/mol. The molecule has 1 aromatic rings. The molecule has 1 spiro atoms. The Kier molecular flexibility index (Phi) is 4.49. The van der Waals surface area contributed by atoms with Gasteiger partial charge in [0.05, 0.1) is 0 Å². The summed E-state index contributed by atoms with van der Waals surface area (Å²) in [4.78, 5) is 13.8. The minimum Gasteiger partial charge on any atom is -0.487 e. The van der Waals surface area contributed by atoms with E-state index in [4.69, 9.17) is 14.2 Å². The highest BCUT2D eigenvalue weighted by Gasteiger charge is 2.54. The van der Waals surface area contributed by atoms with Crippen molar-refractivity contribution < 1.29 is 19.0 Å². The van der Waals surface area contributed by atoms with E-state index in [-0.39, 0.29) is 17.0 Å². The fourth-order valence-electron chi connectivity index (χ4n) is 5.99. The van der Waals surface area contributed by atoms with Gasteiger partial charge < -0.3 is 14.2 Å². The molecular formula is C28H36O4. The van der Waals surface area contributed by atoms with Crippen molar-refractivity contribution in [2.75, 3.05) is 0 Å². The van der Waals surface area contributed by atoms with E-state index in [1.54, 1.807) is 0 Å². The maximum atomic E-state index is 13.8. The van der Waals surface area contributed by atoms with Crippen molar-refractivity contribution in [3.05, 3.63) is 44.7 Å². The first-order chi connectivity index (χ1) is 14.9. The Morgan fingerprint density at radius 2 is 1.19 bits per heavy atom. The summed E-state index contributed by atoms with van der Waals surface area (Å²) in [5.74, 6) is 2.92. The third-order valence-corrected chi connectivity index (χ3v) is 8.22. The zero-order valence-corrected chi connectivity index (χ0v) is 20.9. The van der Waals surface area contributed by atoms with Gasteiger partial charge in [-0.25, -0.2) is 0 Å². The lowest BCUT2D eigenvalue weighted by Gasteiger charge is -2.48. The van der Waals surface area contributed by atoms with Crippen LogP contribution < -0.4 is 9.47 Å². The molecule has 3 aliphatic heterocycles.